The average Bonchev–Trinajstić information content (AvgIpc) is 1.99. The summed E-state index contributed by atoms with van der Waals surface area (Å²) < 4.78 is 0. The zero-order valence-electron chi connectivity index (χ0n) is 7.59. The minimum atomic E-state index is -1.20. The summed E-state index contributed by atoms with van der Waals surface area (Å²) >= 11 is 0. The number of amides is 1. The molecule has 0 radical (unpaired) electrons. The molecule has 1 aliphatic rings. The van der Waals surface area contributed by atoms with Crippen molar-refractivity contribution in [2.24, 2.45) is 5.73 Å². The number of rotatable bonds is 4. The molecule has 14 heavy (non-hydrogen) atoms. The van der Waals surface area contributed by atoms with Gasteiger partial charge in [0.25, 0.3) is 0 Å². The molecule has 0 unspecified atom stereocenters. The smallest absolute Gasteiger partial charge is 0.422 e. The van der Waals surface area contributed by atoms with E-state index in [1.54, 1.807) is 5.01 Å². The van der Waals surface area contributed by atoms with Crippen molar-refractivity contribution in [2.75, 3.05) is 19.6 Å². The van der Waals surface area contributed by atoms with Gasteiger partial charge in [0, 0.05) is 13.1 Å². The molecule has 0 aromatic heterocycles. The first-order chi connectivity index (χ1) is 6.52. The molecule has 0 saturated carbocycles. The average molecular weight is 203 g/mol. The van der Waals surface area contributed by atoms with Crippen LogP contribution in [0, 0.1) is 0 Å². The van der Waals surface area contributed by atoms with E-state index in [-0.39, 0.29) is 6.54 Å². The van der Waals surface area contributed by atoms with Gasteiger partial charge < -0.3 is 15.9 Å². The number of carbonyl (C=O) groups is 2. The molecule has 1 amide bonds. The Kier molecular flexibility index (Phi) is 3.26. The van der Waals surface area contributed by atoms with Crippen LogP contribution in [-0.4, -0.2) is 58.0 Å². The lowest BCUT2D eigenvalue weighted by Gasteiger charge is -2.39. The molecular weight excluding hydrogens is 190 g/mol. The SMILES string of the molecule is N[C@@H](CN(C(=O)O)N1CCC1)C(=O)O. The summed E-state index contributed by atoms with van der Waals surface area (Å²) in [6.07, 6.45) is -0.243. The van der Waals surface area contributed by atoms with Crippen molar-refractivity contribution in [3.63, 3.8) is 0 Å². The molecule has 0 bridgehead atoms. The van der Waals surface area contributed by atoms with Crippen LogP contribution >= 0.6 is 0 Å². The summed E-state index contributed by atoms with van der Waals surface area (Å²) in [6.45, 7) is 1.07. The second-order valence-corrected chi connectivity index (χ2v) is 3.12. The number of hydrogen-bond donors (Lipinski definition) is 3. The van der Waals surface area contributed by atoms with Gasteiger partial charge >= 0.3 is 12.1 Å². The van der Waals surface area contributed by atoms with Gasteiger partial charge in [0.15, 0.2) is 0 Å². The predicted molar refractivity (Wildman–Crippen MR) is 46.5 cm³/mol. The van der Waals surface area contributed by atoms with Crippen LogP contribution in [0.25, 0.3) is 0 Å². The highest BCUT2D eigenvalue weighted by Gasteiger charge is 2.29. The van der Waals surface area contributed by atoms with Crippen LogP contribution in [0.3, 0.4) is 0 Å². The lowest BCUT2D eigenvalue weighted by atomic mass is 10.2. The molecule has 1 aliphatic heterocycles. The van der Waals surface area contributed by atoms with Gasteiger partial charge in [0.2, 0.25) is 0 Å². The molecule has 0 aromatic rings. The number of nitrogens with two attached hydrogens (primary N) is 1. The maximum atomic E-state index is 10.7. The molecule has 1 atom stereocenters. The fourth-order valence-corrected chi connectivity index (χ4v) is 1.12. The normalized spacial score (nSPS) is 18.4. The van der Waals surface area contributed by atoms with E-state index in [1.807, 2.05) is 0 Å². The first-order valence-electron chi connectivity index (χ1n) is 4.26. The third-order valence-electron chi connectivity index (χ3n) is 2.08. The molecule has 7 heteroatoms. The second-order valence-electron chi connectivity index (χ2n) is 3.12. The monoisotopic (exact) mass is 203 g/mol. The Morgan fingerprint density at radius 3 is 2.29 bits per heavy atom. The van der Waals surface area contributed by atoms with Gasteiger partial charge in [0.05, 0.1) is 6.54 Å². The minimum Gasteiger partial charge on any atom is -0.480 e. The van der Waals surface area contributed by atoms with Crippen LogP contribution in [0.2, 0.25) is 0 Å². The Morgan fingerprint density at radius 2 is 2.00 bits per heavy atom. The maximum absolute atomic E-state index is 10.7. The highest BCUT2D eigenvalue weighted by molar-refractivity contribution is 5.74. The predicted octanol–water partition coefficient (Wildman–Crippen LogP) is -1.00. The maximum Gasteiger partial charge on any atom is 0.422 e. The van der Waals surface area contributed by atoms with Crippen molar-refractivity contribution in [3.8, 4) is 0 Å². The van der Waals surface area contributed by atoms with Crippen molar-refractivity contribution < 1.29 is 19.8 Å². The van der Waals surface area contributed by atoms with E-state index in [9.17, 15) is 9.59 Å². The van der Waals surface area contributed by atoms with E-state index in [1.165, 1.54) is 0 Å². The number of nitrogens with zero attached hydrogens (tertiary/aromatic N) is 2. The van der Waals surface area contributed by atoms with E-state index in [4.69, 9.17) is 15.9 Å². The summed E-state index contributed by atoms with van der Waals surface area (Å²) in [6, 6.07) is -1.17. The third kappa shape index (κ3) is 2.33. The second kappa shape index (κ2) is 4.25. The molecule has 80 valence electrons. The van der Waals surface area contributed by atoms with E-state index in [2.05, 4.69) is 0 Å². The topological polar surface area (TPSA) is 107 Å². The van der Waals surface area contributed by atoms with Crippen LogP contribution in [0.5, 0.6) is 0 Å². The van der Waals surface area contributed by atoms with E-state index in [0.717, 1.165) is 11.4 Å². The first-order valence-corrected chi connectivity index (χ1v) is 4.26. The molecule has 0 aromatic carbocycles. The third-order valence-corrected chi connectivity index (χ3v) is 2.08. The largest absolute Gasteiger partial charge is 0.480 e. The quantitative estimate of drug-likeness (QED) is 0.541. The number of carboxylic acid groups (broad SMARTS) is 2. The standard InChI is InChI=1S/C7H13N3O4/c8-5(6(11)12)4-10(7(13)14)9-2-1-3-9/h5H,1-4,8H2,(H,11,12)(H,13,14)/t5-/m0/s1. The molecule has 1 rings (SSSR count). The minimum absolute atomic E-state index is 0.204. The lowest BCUT2D eigenvalue weighted by Crippen LogP contribution is -2.57. The number of hydrazine groups is 1. The molecule has 4 N–H and O–H groups in total. The van der Waals surface area contributed by atoms with Gasteiger partial charge in [-0.3, -0.25) is 4.79 Å². The Balaban J connectivity index is 2.50. The van der Waals surface area contributed by atoms with Crippen LogP contribution < -0.4 is 5.73 Å². The summed E-state index contributed by atoms with van der Waals surface area (Å²) in [5.74, 6) is -1.20. The lowest BCUT2D eigenvalue weighted by molar-refractivity contribution is -0.140. The molecule has 0 spiro atoms. The van der Waals surface area contributed by atoms with E-state index >= 15 is 0 Å². The fraction of sp³-hybridized carbons (Fsp3) is 0.714. The number of hydrogen-bond acceptors (Lipinski definition) is 4. The Bertz CT molecular complexity index is 241. The van der Waals surface area contributed by atoms with Gasteiger partial charge in [0.1, 0.15) is 6.04 Å². The summed E-state index contributed by atoms with van der Waals surface area (Å²) in [7, 11) is 0. The molecular formula is C7H13N3O4. The van der Waals surface area contributed by atoms with Gasteiger partial charge in [-0.2, -0.15) is 0 Å². The van der Waals surface area contributed by atoms with Crippen molar-refractivity contribution >= 4 is 12.1 Å². The highest BCUT2D eigenvalue weighted by Crippen LogP contribution is 2.10. The molecule has 1 heterocycles. The zero-order valence-corrected chi connectivity index (χ0v) is 7.59. The first kappa shape index (κ1) is 10.7. The van der Waals surface area contributed by atoms with Crippen molar-refractivity contribution in [1.82, 2.24) is 10.0 Å². The van der Waals surface area contributed by atoms with Crippen LogP contribution in [0.4, 0.5) is 4.79 Å². The fourth-order valence-electron chi connectivity index (χ4n) is 1.12. The van der Waals surface area contributed by atoms with E-state index in [0.29, 0.717) is 13.1 Å². The van der Waals surface area contributed by atoms with Crippen LogP contribution in [0.1, 0.15) is 6.42 Å². The summed E-state index contributed by atoms with van der Waals surface area (Å²) in [5.41, 5.74) is 5.24. The van der Waals surface area contributed by atoms with Gasteiger partial charge in [-0.05, 0) is 6.42 Å². The number of carboxylic acids is 1. The molecule has 7 nitrogen and oxygen atoms in total. The van der Waals surface area contributed by atoms with Gasteiger partial charge in [-0.1, -0.05) is 0 Å². The van der Waals surface area contributed by atoms with Gasteiger partial charge in [-0.25, -0.2) is 14.8 Å². The molecule has 1 saturated heterocycles. The van der Waals surface area contributed by atoms with E-state index < -0.39 is 18.1 Å². The number of aliphatic carboxylic acids is 1. The highest BCUT2D eigenvalue weighted by atomic mass is 16.4. The Labute approximate surface area is 80.7 Å². The molecule has 1 fully saturated rings. The van der Waals surface area contributed by atoms with Crippen LogP contribution in [0.15, 0.2) is 0 Å². The summed E-state index contributed by atoms with van der Waals surface area (Å²) in [5, 5.41) is 19.8. The summed E-state index contributed by atoms with van der Waals surface area (Å²) in [4.78, 5) is 21.2. The molecule has 0 aliphatic carbocycles. The Hall–Kier alpha value is -1.34. The van der Waals surface area contributed by atoms with Crippen molar-refractivity contribution in [3.05, 3.63) is 0 Å². The van der Waals surface area contributed by atoms with Crippen LogP contribution in [-0.2, 0) is 4.79 Å². The Morgan fingerprint density at radius 1 is 1.43 bits per heavy atom. The van der Waals surface area contributed by atoms with Crippen molar-refractivity contribution in [1.29, 1.82) is 0 Å². The zero-order chi connectivity index (χ0) is 10.7. The van der Waals surface area contributed by atoms with Gasteiger partial charge in [-0.15, -0.1) is 0 Å². The van der Waals surface area contributed by atoms with Crippen molar-refractivity contribution in [2.45, 2.75) is 12.5 Å².